The summed E-state index contributed by atoms with van der Waals surface area (Å²) in [4.78, 5) is 10.8. The minimum atomic E-state index is -1.19. The van der Waals surface area contributed by atoms with Crippen LogP contribution in [0.5, 0.6) is 0 Å². The van der Waals surface area contributed by atoms with Crippen LogP contribution in [0.3, 0.4) is 0 Å². The van der Waals surface area contributed by atoms with E-state index >= 15 is 0 Å². The van der Waals surface area contributed by atoms with Crippen molar-refractivity contribution in [3.05, 3.63) is 41.1 Å². The Morgan fingerprint density at radius 3 is 2.53 bits per heavy atom. The third-order valence-electron chi connectivity index (χ3n) is 2.89. The molecular formula is C13H12F2N2O2. The molecule has 2 aromatic rings. The summed E-state index contributed by atoms with van der Waals surface area (Å²) in [6.07, 6.45) is 0.419. The van der Waals surface area contributed by atoms with Gasteiger partial charge in [0.15, 0.2) is 5.69 Å². The standard InChI is InChI=1S/C13H12F2N2O2/c1-3-7-4-8(10(15)5-9(7)14)12-6-11(13(18)19)16-17(12)2/h4-6H,3H2,1-2H3,(H,18,19). The van der Waals surface area contributed by atoms with E-state index in [2.05, 4.69) is 5.10 Å². The summed E-state index contributed by atoms with van der Waals surface area (Å²) < 4.78 is 28.5. The molecule has 2 rings (SSSR count). The van der Waals surface area contributed by atoms with Crippen LogP contribution in [-0.2, 0) is 13.5 Å². The van der Waals surface area contributed by atoms with E-state index in [4.69, 9.17) is 5.11 Å². The number of hydrogen-bond donors (Lipinski definition) is 1. The third-order valence-corrected chi connectivity index (χ3v) is 2.89. The van der Waals surface area contributed by atoms with Gasteiger partial charge in [-0.15, -0.1) is 0 Å². The number of aromatic carboxylic acids is 1. The van der Waals surface area contributed by atoms with Crippen molar-refractivity contribution in [2.45, 2.75) is 13.3 Å². The second-order valence-corrected chi connectivity index (χ2v) is 4.12. The number of carboxylic acids is 1. The lowest BCUT2D eigenvalue weighted by molar-refractivity contribution is 0.0689. The third kappa shape index (κ3) is 2.33. The van der Waals surface area contributed by atoms with Crippen LogP contribution < -0.4 is 0 Å². The summed E-state index contributed by atoms with van der Waals surface area (Å²) in [7, 11) is 1.51. The lowest BCUT2D eigenvalue weighted by Crippen LogP contribution is -2.00. The Kier molecular flexibility index (Phi) is 3.33. The molecule has 0 aliphatic carbocycles. The fraction of sp³-hybridized carbons (Fsp3) is 0.231. The van der Waals surface area contributed by atoms with Crippen LogP contribution >= 0.6 is 0 Å². The first-order chi connectivity index (χ1) is 8.93. The van der Waals surface area contributed by atoms with Crippen molar-refractivity contribution in [1.29, 1.82) is 0 Å². The summed E-state index contributed by atoms with van der Waals surface area (Å²) in [5.41, 5.74) is 0.624. The molecule has 0 radical (unpaired) electrons. The maximum absolute atomic E-state index is 13.8. The predicted octanol–water partition coefficient (Wildman–Crippen LogP) is 2.63. The van der Waals surface area contributed by atoms with E-state index < -0.39 is 17.6 Å². The second-order valence-electron chi connectivity index (χ2n) is 4.12. The molecule has 4 nitrogen and oxygen atoms in total. The first-order valence-corrected chi connectivity index (χ1v) is 5.69. The summed E-state index contributed by atoms with van der Waals surface area (Å²) in [5.74, 6) is -2.54. The van der Waals surface area contributed by atoms with Crippen molar-refractivity contribution in [3.63, 3.8) is 0 Å². The maximum Gasteiger partial charge on any atom is 0.356 e. The molecule has 0 bridgehead atoms. The topological polar surface area (TPSA) is 55.1 Å². The zero-order valence-electron chi connectivity index (χ0n) is 10.4. The molecule has 1 N–H and O–H groups in total. The van der Waals surface area contributed by atoms with Gasteiger partial charge in [-0.05, 0) is 24.1 Å². The highest BCUT2D eigenvalue weighted by atomic mass is 19.1. The van der Waals surface area contributed by atoms with Gasteiger partial charge in [0.1, 0.15) is 11.6 Å². The van der Waals surface area contributed by atoms with E-state index in [0.717, 1.165) is 6.07 Å². The number of hydrogen-bond acceptors (Lipinski definition) is 2. The van der Waals surface area contributed by atoms with E-state index in [0.29, 0.717) is 17.7 Å². The minimum Gasteiger partial charge on any atom is -0.476 e. The number of carbonyl (C=O) groups is 1. The molecule has 0 amide bonds. The predicted molar refractivity (Wildman–Crippen MR) is 64.9 cm³/mol. The van der Waals surface area contributed by atoms with Gasteiger partial charge in [-0.1, -0.05) is 6.92 Å². The second kappa shape index (κ2) is 4.79. The van der Waals surface area contributed by atoms with Gasteiger partial charge in [0.2, 0.25) is 0 Å². The van der Waals surface area contributed by atoms with E-state index in [1.807, 2.05) is 0 Å². The fourth-order valence-corrected chi connectivity index (χ4v) is 1.88. The average molecular weight is 266 g/mol. The molecule has 0 unspecified atom stereocenters. The van der Waals surface area contributed by atoms with Crippen LogP contribution in [-0.4, -0.2) is 20.9 Å². The number of rotatable bonds is 3. The SMILES string of the molecule is CCc1cc(-c2cc(C(=O)O)nn2C)c(F)cc1F. The maximum atomic E-state index is 13.8. The molecule has 0 fully saturated rings. The number of carboxylic acid groups (broad SMARTS) is 1. The molecule has 0 aliphatic heterocycles. The van der Waals surface area contributed by atoms with Crippen LogP contribution in [0.4, 0.5) is 8.78 Å². The molecular weight excluding hydrogens is 254 g/mol. The van der Waals surface area contributed by atoms with Crippen molar-refractivity contribution in [3.8, 4) is 11.3 Å². The number of halogens is 2. The number of benzene rings is 1. The van der Waals surface area contributed by atoms with Gasteiger partial charge >= 0.3 is 5.97 Å². The lowest BCUT2D eigenvalue weighted by Gasteiger charge is -2.07. The molecule has 19 heavy (non-hydrogen) atoms. The van der Waals surface area contributed by atoms with E-state index in [1.165, 1.54) is 23.9 Å². The molecule has 0 spiro atoms. The molecule has 0 atom stereocenters. The van der Waals surface area contributed by atoms with E-state index in [9.17, 15) is 13.6 Å². The quantitative estimate of drug-likeness (QED) is 0.929. The molecule has 0 saturated heterocycles. The summed E-state index contributed by atoms with van der Waals surface area (Å²) in [6.45, 7) is 1.76. The van der Waals surface area contributed by atoms with Gasteiger partial charge in [0, 0.05) is 18.7 Å². The van der Waals surface area contributed by atoms with Crippen LogP contribution in [0, 0.1) is 11.6 Å². The van der Waals surface area contributed by atoms with Gasteiger partial charge in [-0.3, -0.25) is 4.68 Å². The highest BCUT2D eigenvalue weighted by Gasteiger charge is 2.17. The van der Waals surface area contributed by atoms with Crippen molar-refractivity contribution in [2.24, 2.45) is 7.05 Å². The van der Waals surface area contributed by atoms with Crippen molar-refractivity contribution < 1.29 is 18.7 Å². The Balaban J connectivity index is 2.61. The zero-order valence-corrected chi connectivity index (χ0v) is 10.4. The molecule has 0 aliphatic rings. The molecule has 0 saturated carbocycles. The summed E-state index contributed by atoms with van der Waals surface area (Å²) in [5, 5.41) is 12.6. The molecule has 1 heterocycles. The van der Waals surface area contributed by atoms with Crippen LogP contribution in [0.25, 0.3) is 11.3 Å². The van der Waals surface area contributed by atoms with Crippen LogP contribution in [0.2, 0.25) is 0 Å². The first-order valence-electron chi connectivity index (χ1n) is 5.69. The highest BCUT2D eigenvalue weighted by Crippen LogP contribution is 2.26. The lowest BCUT2D eigenvalue weighted by atomic mass is 10.0. The normalized spacial score (nSPS) is 10.7. The monoisotopic (exact) mass is 266 g/mol. The molecule has 1 aromatic carbocycles. The van der Waals surface area contributed by atoms with Gasteiger partial charge < -0.3 is 5.11 Å². The fourth-order valence-electron chi connectivity index (χ4n) is 1.88. The van der Waals surface area contributed by atoms with Gasteiger partial charge in [-0.2, -0.15) is 5.10 Å². The van der Waals surface area contributed by atoms with E-state index in [-0.39, 0.29) is 11.3 Å². The Labute approximate surface area is 108 Å². The zero-order chi connectivity index (χ0) is 14.2. The first kappa shape index (κ1) is 13.2. The van der Waals surface area contributed by atoms with Crippen molar-refractivity contribution in [1.82, 2.24) is 9.78 Å². The van der Waals surface area contributed by atoms with Gasteiger partial charge in [-0.25, -0.2) is 13.6 Å². The smallest absolute Gasteiger partial charge is 0.356 e. The highest BCUT2D eigenvalue weighted by molar-refractivity contribution is 5.87. The van der Waals surface area contributed by atoms with Gasteiger partial charge in [0.25, 0.3) is 0 Å². The van der Waals surface area contributed by atoms with Crippen molar-refractivity contribution in [2.75, 3.05) is 0 Å². The number of aryl methyl sites for hydroxylation is 2. The van der Waals surface area contributed by atoms with Crippen molar-refractivity contribution >= 4 is 5.97 Å². The Hall–Kier alpha value is -2.24. The number of aromatic nitrogens is 2. The number of nitrogens with zero attached hydrogens (tertiary/aromatic N) is 2. The van der Waals surface area contributed by atoms with E-state index in [1.54, 1.807) is 6.92 Å². The summed E-state index contributed by atoms with van der Waals surface area (Å²) >= 11 is 0. The summed E-state index contributed by atoms with van der Waals surface area (Å²) in [6, 6.07) is 3.45. The Bertz CT molecular complexity index is 650. The van der Waals surface area contributed by atoms with Gasteiger partial charge in [0.05, 0.1) is 5.69 Å². The minimum absolute atomic E-state index is 0.140. The largest absolute Gasteiger partial charge is 0.476 e. The van der Waals surface area contributed by atoms with Crippen LogP contribution in [0.15, 0.2) is 18.2 Å². The molecule has 1 aromatic heterocycles. The Morgan fingerprint density at radius 1 is 1.32 bits per heavy atom. The van der Waals surface area contributed by atoms with Crippen LogP contribution in [0.1, 0.15) is 23.0 Å². The molecule has 6 heteroatoms. The average Bonchev–Trinajstić information content (AvgIpc) is 2.72. The molecule has 100 valence electrons. The Morgan fingerprint density at radius 2 is 2.00 bits per heavy atom.